The van der Waals surface area contributed by atoms with Crippen molar-refractivity contribution >= 4 is 65.4 Å². The van der Waals surface area contributed by atoms with Crippen molar-refractivity contribution in [1.29, 1.82) is 0 Å². The second-order valence-electron chi connectivity index (χ2n) is 11.0. The number of alkyl halides is 3. The number of halogens is 3. The molecule has 1 unspecified atom stereocenters. The van der Waals surface area contributed by atoms with Crippen LogP contribution in [0.5, 0.6) is 0 Å². The zero-order chi connectivity index (χ0) is 34.1. The van der Waals surface area contributed by atoms with Gasteiger partial charge in [0.2, 0.25) is 0 Å². The van der Waals surface area contributed by atoms with E-state index in [0.29, 0.717) is 6.04 Å². The highest BCUT2D eigenvalue weighted by Gasteiger charge is 2.44. The van der Waals surface area contributed by atoms with Gasteiger partial charge in [0, 0.05) is 31.7 Å². The molecule has 0 fully saturated rings. The number of hydrogen-bond acceptors (Lipinski definition) is 7. The Labute approximate surface area is 283 Å². The molecule has 2 aliphatic rings. The van der Waals surface area contributed by atoms with Gasteiger partial charge in [0.25, 0.3) is 0 Å². The van der Waals surface area contributed by atoms with Gasteiger partial charge in [-0.15, -0.1) is 22.7 Å². The summed E-state index contributed by atoms with van der Waals surface area (Å²) in [5.41, 5.74) is 1.41. The molecule has 2 aromatic carbocycles. The molecule has 7 rings (SSSR count). The Hall–Kier alpha value is -4.56. The topological polar surface area (TPSA) is 88.3 Å². The predicted molar refractivity (Wildman–Crippen MR) is 188 cm³/mol. The summed E-state index contributed by atoms with van der Waals surface area (Å²) in [7, 11) is -1.60. The van der Waals surface area contributed by atoms with E-state index in [1.165, 1.54) is 20.5 Å². The minimum atomic E-state index is -5.84. The monoisotopic (exact) mass is 706 g/mol. The number of thiazole rings is 2. The molecule has 13 heteroatoms. The van der Waals surface area contributed by atoms with Gasteiger partial charge in [-0.2, -0.15) is 21.6 Å². The Bertz CT molecular complexity index is 2130. The Morgan fingerprint density at radius 1 is 0.833 bits per heavy atom. The second-order valence-corrected chi connectivity index (χ2v) is 14.5. The van der Waals surface area contributed by atoms with E-state index in [1.54, 1.807) is 22.7 Å². The van der Waals surface area contributed by atoms with Gasteiger partial charge in [0.15, 0.2) is 0 Å². The first-order valence-electron chi connectivity index (χ1n) is 14.6. The molecular formula is C35H29F3N4O3S3. The van der Waals surface area contributed by atoms with Crippen molar-refractivity contribution in [3.8, 4) is 0 Å². The van der Waals surface area contributed by atoms with Gasteiger partial charge < -0.3 is 9.47 Å². The number of para-hydroxylation sites is 2. The van der Waals surface area contributed by atoms with Gasteiger partial charge in [0.05, 0.1) is 32.4 Å². The van der Waals surface area contributed by atoms with Crippen LogP contribution < -0.4 is 0 Å². The maximum Gasteiger partial charge on any atom is 0.522 e. The van der Waals surface area contributed by atoms with Gasteiger partial charge >= 0.3 is 15.6 Å². The molecule has 0 radical (unpaired) electrons. The van der Waals surface area contributed by atoms with E-state index >= 15 is 0 Å². The zero-order valence-electron chi connectivity index (χ0n) is 25.6. The first kappa shape index (κ1) is 33.3. The first-order chi connectivity index (χ1) is 22.9. The number of nitrogens with zero attached hydrogens (tertiary/aromatic N) is 4. The molecule has 48 heavy (non-hydrogen) atoms. The molecular weight excluding hydrogens is 678 g/mol. The van der Waals surface area contributed by atoms with Gasteiger partial charge in [-0.25, -0.2) is 9.97 Å². The molecule has 4 heterocycles. The van der Waals surface area contributed by atoms with Crippen LogP contribution in [0.15, 0.2) is 121 Å². The highest BCUT2D eigenvalue weighted by Crippen LogP contribution is 2.37. The third-order valence-electron chi connectivity index (χ3n) is 7.80. The number of hydrogen-bond donors (Lipinski definition) is 1. The fourth-order valence-electron chi connectivity index (χ4n) is 5.26. The lowest BCUT2D eigenvalue weighted by Crippen LogP contribution is -2.30. The molecule has 0 bridgehead atoms. The quantitative estimate of drug-likeness (QED) is 0.140. The number of allylic oxidation sites excluding steroid dienone is 6. The van der Waals surface area contributed by atoms with E-state index in [2.05, 4.69) is 133 Å². The fraction of sp³-hybridized carbons (Fsp3) is 0.143. The van der Waals surface area contributed by atoms with E-state index in [1.807, 2.05) is 12.1 Å². The number of fused-ring (bicyclic) bond motifs is 3. The van der Waals surface area contributed by atoms with Crippen molar-refractivity contribution in [2.45, 2.75) is 17.5 Å². The van der Waals surface area contributed by atoms with Crippen LogP contribution in [0.4, 0.5) is 13.2 Å². The largest absolute Gasteiger partial charge is 0.522 e. The van der Waals surface area contributed by atoms with Crippen LogP contribution >= 0.6 is 22.7 Å². The van der Waals surface area contributed by atoms with Crippen molar-refractivity contribution in [1.82, 2.24) is 19.4 Å². The van der Waals surface area contributed by atoms with Crippen LogP contribution in [0.25, 0.3) is 32.6 Å². The lowest BCUT2D eigenvalue weighted by atomic mass is 9.92. The summed E-state index contributed by atoms with van der Waals surface area (Å²) in [6.45, 7) is 0. The van der Waals surface area contributed by atoms with E-state index in [4.69, 9.17) is 22.9 Å². The summed E-state index contributed by atoms with van der Waals surface area (Å²) in [6.07, 6.45) is 21.9. The van der Waals surface area contributed by atoms with Gasteiger partial charge in [-0.05, 0) is 65.8 Å². The molecule has 246 valence electrons. The van der Waals surface area contributed by atoms with Crippen LogP contribution in [0.3, 0.4) is 0 Å². The molecule has 1 N–H and O–H groups in total. The van der Waals surface area contributed by atoms with Crippen molar-refractivity contribution in [2.24, 2.45) is 7.05 Å². The molecule has 1 aliphatic heterocycles. The van der Waals surface area contributed by atoms with Crippen LogP contribution in [0.2, 0.25) is 0 Å². The number of aromatic nitrogens is 3. The summed E-state index contributed by atoms with van der Waals surface area (Å²) in [6, 6.07) is 21.4. The molecule has 1 aliphatic carbocycles. The Kier molecular flexibility index (Phi) is 9.39. The lowest BCUT2D eigenvalue weighted by Gasteiger charge is -2.31. The molecule has 7 nitrogen and oxygen atoms in total. The molecule has 3 aromatic heterocycles. The normalized spacial score (nSPS) is 16.6. The van der Waals surface area contributed by atoms with Crippen LogP contribution in [-0.4, -0.2) is 51.0 Å². The van der Waals surface area contributed by atoms with Crippen LogP contribution in [0.1, 0.15) is 27.3 Å². The number of rotatable bonds is 6. The summed E-state index contributed by atoms with van der Waals surface area (Å²) in [5, 5.41) is 2.13. The van der Waals surface area contributed by atoms with Crippen LogP contribution in [0, 0.1) is 0 Å². The highest BCUT2D eigenvalue weighted by atomic mass is 32.2. The third kappa shape index (κ3) is 7.14. The second kappa shape index (κ2) is 13.5. The highest BCUT2D eigenvalue weighted by molar-refractivity contribution is 7.86. The summed E-state index contributed by atoms with van der Waals surface area (Å²) >= 11 is 3.50. The van der Waals surface area contributed by atoms with Crippen LogP contribution in [-0.2, 0) is 17.2 Å². The van der Waals surface area contributed by atoms with Crippen molar-refractivity contribution in [3.05, 3.63) is 142 Å². The lowest BCUT2D eigenvalue weighted by molar-refractivity contribution is -0.0510. The minimum Gasteiger partial charge on any atom is -0.370 e. The van der Waals surface area contributed by atoms with Gasteiger partial charge in [-0.1, -0.05) is 60.7 Å². The molecule has 0 saturated carbocycles. The van der Waals surface area contributed by atoms with Crippen molar-refractivity contribution in [2.75, 3.05) is 7.05 Å². The maximum atomic E-state index is 10.7. The first-order valence-corrected chi connectivity index (χ1v) is 17.7. The standard InChI is InChI=1S/C34H28N4S2.CHF3O3S/c1-37-22-21-23(26-9-3-6-12-30(26)37)15-16-24-17-18-25(38(24)2)19-20-27(33-35-28-10-4-7-13-31(28)39-33)34-36-29-11-5-8-14-32(29)40-34;2-1(3,4)8(5,6)7/h3-22,27,30H,1-2H3;(H,5,6,7). The van der Waals surface area contributed by atoms with E-state index in [0.717, 1.165) is 32.4 Å². The van der Waals surface area contributed by atoms with Gasteiger partial charge in [0.1, 0.15) is 10.0 Å². The average Bonchev–Trinajstić information content (AvgIpc) is 3.77. The third-order valence-corrected chi connectivity index (χ3v) is 10.6. The van der Waals surface area contributed by atoms with Crippen molar-refractivity contribution in [3.63, 3.8) is 0 Å². The zero-order valence-corrected chi connectivity index (χ0v) is 28.1. The van der Waals surface area contributed by atoms with E-state index in [9.17, 15) is 13.2 Å². The average molecular weight is 707 g/mol. The summed E-state index contributed by atoms with van der Waals surface area (Å²) < 4.78 is 62.2. The number of benzene rings is 2. The summed E-state index contributed by atoms with van der Waals surface area (Å²) in [4.78, 5) is 12.3. The SMILES string of the molecule is CN1C=CC(C=Cc2ccc(C=CC(c3nc4ccccc4s3)c3nc4ccccc4s3)n2C)=C2C=CC=CC21.O=S(=O)(O)C(F)(F)F. The summed E-state index contributed by atoms with van der Waals surface area (Å²) in [5.74, 6) is -0.0110. The molecule has 0 amide bonds. The molecule has 0 spiro atoms. The van der Waals surface area contributed by atoms with E-state index in [-0.39, 0.29) is 5.92 Å². The van der Waals surface area contributed by atoms with Gasteiger partial charge in [-0.3, -0.25) is 4.55 Å². The Balaban J connectivity index is 0.000000449. The predicted octanol–water partition coefficient (Wildman–Crippen LogP) is 8.75. The van der Waals surface area contributed by atoms with E-state index < -0.39 is 15.6 Å². The number of likely N-dealkylation sites (N-methyl/N-ethyl adjacent to an activating group) is 1. The molecule has 5 aromatic rings. The maximum absolute atomic E-state index is 10.7. The molecule has 1 atom stereocenters. The van der Waals surface area contributed by atoms with Crippen molar-refractivity contribution < 1.29 is 26.1 Å². The Morgan fingerprint density at radius 3 is 1.96 bits per heavy atom. The molecule has 0 saturated heterocycles. The fourth-order valence-corrected chi connectivity index (χ4v) is 7.43. The Morgan fingerprint density at radius 2 is 1.40 bits per heavy atom. The minimum absolute atomic E-state index is 0.0110. The smallest absolute Gasteiger partial charge is 0.370 e.